The molecule has 1 rings (SSSR count). The van der Waals surface area contributed by atoms with Crippen LogP contribution in [0.25, 0.3) is 0 Å². The van der Waals surface area contributed by atoms with Crippen LogP contribution in [0.5, 0.6) is 0 Å². The van der Waals surface area contributed by atoms with Gasteiger partial charge in [0.2, 0.25) is 0 Å². The van der Waals surface area contributed by atoms with Crippen molar-refractivity contribution < 1.29 is 14.7 Å². The number of piperidine rings is 1. The molecular weight excluding hydrogens is 232 g/mol. The van der Waals surface area contributed by atoms with Crippen molar-refractivity contribution in [3.8, 4) is 0 Å². The number of carbonyl (C=O) groups excluding carboxylic acids is 1. The molecular formula is C13H24N2O3. The molecule has 1 aliphatic rings. The Morgan fingerprint density at radius 1 is 1.39 bits per heavy atom. The second-order valence-electron chi connectivity index (χ2n) is 5.58. The highest BCUT2D eigenvalue weighted by Gasteiger charge is 2.25. The van der Waals surface area contributed by atoms with Gasteiger partial charge >= 0.3 is 12.0 Å². The standard InChI is InChI=1S/C13H24N2O3/c1-9(6-12(16)17)7-14-13(18)15-5-4-10(2)11(3)8-15/h9-11H,4-8H2,1-3H3,(H,14,18)(H,16,17). The first-order chi connectivity index (χ1) is 8.40. The Hall–Kier alpha value is -1.26. The van der Waals surface area contributed by atoms with E-state index in [0.29, 0.717) is 18.4 Å². The lowest BCUT2D eigenvalue weighted by atomic mass is 9.89. The molecule has 2 amide bonds. The van der Waals surface area contributed by atoms with Crippen molar-refractivity contribution in [3.05, 3.63) is 0 Å². The Balaban J connectivity index is 2.30. The number of nitrogens with zero attached hydrogens (tertiary/aromatic N) is 1. The molecule has 0 aromatic rings. The van der Waals surface area contributed by atoms with Gasteiger partial charge in [-0.3, -0.25) is 4.79 Å². The van der Waals surface area contributed by atoms with Gasteiger partial charge in [-0.15, -0.1) is 0 Å². The zero-order valence-electron chi connectivity index (χ0n) is 11.5. The highest BCUT2D eigenvalue weighted by molar-refractivity contribution is 5.74. The Labute approximate surface area is 109 Å². The summed E-state index contributed by atoms with van der Waals surface area (Å²) in [7, 11) is 0. The van der Waals surface area contributed by atoms with Crippen molar-refractivity contribution in [2.45, 2.75) is 33.6 Å². The van der Waals surface area contributed by atoms with E-state index in [9.17, 15) is 9.59 Å². The van der Waals surface area contributed by atoms with Crippen molar-refractivity contribution in [2.75, 3.05) is 19.6 Å². The molecule has 0 saturated carbocycles. The summed E-state index contributed by atoms with van der Waals surface area (Å²) >= 11 is 0. The summed E-state index contributed by atoms with van der Waals surface area (Å²) in [5, 5.41) is 11.5. The average Bonchev–Trinajstić information content (AvgIpc) is 2.28. The molecule has 0 aliphatic carbocycles. The molecule has 104 valence electrons. The number of likely N-dealkylation sites (tertiary alicyclic amines) is 1. The Morgan fingerprint density at radius 2 is 2.06 bits per heavy atom. The van der Waals surface area contributed by atoms with Gasteiger partial charge < -0.3 is 15.3 Å². The van der Waals surface area contributed by atoms with Gasteiger partial charge in [0.25, 0.3) is 0 Å². The number of carboxylic acid groups (broad SMARTS) is 1. The van der Waals surface area contributed by atoms with Crippen molar-refractivity contribution >= 4 is 12.0 Å². The molecule has 0 radical (unpaired) electrons. The molecule has 2 N–H and O–H groups in total. The number of rotatable bonds is 4. The Morgan fingerprint density at radius 3 is 2.61 bits per heavy atom. The number of amides is 2. The van der Waals surface area contributed by atoms with Crippen LogP contribution in [0.4, 0.5) is 4.79 Å². The van der Waals surface area contributed by atoms with Gasteiger partial charge in [-0.25, -0.2) is 4.79 Å². The minimum atomic E-state index is -0.822. The monoisotopic (exact) mass is 256 g/mol. The fourth-order valence-corrected chi connectivity index (χ4v) is 2.19. The van der Waals surface area contributed by atoms with Crippen molar-refractivity contribution in [1.82, 2.24) is 10.2 Å². The van der Waals surface area contributed by atoms with E-state index in [-0.39, 0.29) is 18.4 Å². The first-order valence-electron chi connectivity index (χ1n) is 6.64. The summed E-state index contributed by atoms with van der Waals surface area (Å²) in [6.07, 6.45) is 1.13. The van der Waals surface area contributed by atoms with E-state index in [4.69, 9.17) is 5.11 Å². The molecule has 0 bridgehead atoms. The van der Waals surface area contributed by atoms with Gasteiger partial charge in [0.05, 0.1) is 0 Å². The second kappa shape index (κ2) is 6.61. The van der Waals surface area contributed by atoms with Crippen LogP contribution in [0.1, 0.15) is 33.6 Å². The fraction of sp³-hybridized carbons (Fsp3) is 0.846. The van der Waals surface area contributed by atoms with Crippen LogP contribution in [-0.4, -0.2) is 41.6 Å². The molecule has 3 unspecified atom stereocenters. The normalized spacial score (nSPS) is 25.6. The predicted molar refractivity (Wildman–Crippen MR) is 69.3 cm³/mol. The lowest BCUT2D eigenvalue weighted by Crippen LogP contribution is -2.47. The number of carbonyl (C=O) groups is 2. The van der Waals surface area contributed by atoms with Crippen LogP contribution < -0.4 is 5.32 Å². The second-order valence-corrected chi connectivity index (χ2v) is 5.58. The minimum absolute atomic E-state index is 0.0346. The average molecular weight is 256 g/mol. The quantitative estimate of drug-likeness (QED) is 0.805. The molecule has 0 aromatic carbocycles. The van der Waals surface area contributed by atoms with Crippen molar-refractivity contribution in [3.63, 3.8) is 0 Å². The summed E-state index contributed by atoms with van der Waals surface area (Å²) in [5.74, 6) is 0.339. The van der Waals surface area contributed by atoms with Gasteiger partial charge in [-0.2, -0.15) is 0 Å². The van der Waals surface area contributed by atoms with Crippen LogP contribution in [0.3, 0.4) is 0 Å². The molecule has 1 aliphatic heterocycles. The smallest absolute Gasteiger partial charge is 0.317 e. The third kappa shape index (κ3) is 4.55. The van der Waals surface area contributed by atoms with E-state index >= 15 is 0 Å². The van der Waals surface area contributed by atoms with Crippen LogP contribution in [0.15, 0.2) is 0 Å². The third-order valence-electron chi connectivity index (χ3n) is 3.75. The third-order valence-corrected chi connectivity index (χ3v) is 3.75. The molecule has 18 heavy (non-hydrogen) atoms. The van der Waals surface area contributed by atoms with Crippen LogP contribution in [0, 0.1) is 17.8 Å². The predicted octanol–water partition coefficient (Wildman–Crippen LogP) is 1.78. The van der Waals surface area contributed by atoms with E-state index in [2.05, 4.69) is 19.2 Å². The van der Waals surface area contributed by atoms with E-state index in [1.807, 2.05) is 11.8 Å². The first-order valence-corrected chi connectivity index (χ1v) is 6.64. The molecule has 1 heterocycles. The number of carboxylic acids is 1. The topological polar surface area (TPSA) is 69.6 Å². The van der Waals surface area contributed by atoms with Crippen molar-refractivity contribution in [2.24, 2.45) is 17.8 Å². The maximum Gasteiger partial charge on any atom is 0.317 e. The maximum atomic E-state index is 11.9. The number of hydrogen-bond acceptors (Lipinski definition) is 2. The van der Waals surface area contributed by atoms with Crippen LogP contribution in [0.2, 0.25) is 0 Å². The summed E-state index contributed by atoms with van der Waals surface area (Å²) in [6, 6.07) is -0.0639. The molecule has 3 atom stereocenters. The van der Waals surface area contributed by atoms with E-state index < -0.39 is 5.97 Å². The van der Waals surface area contributed by atoms with E-state index in [1.165, 1.54) is 0 Å². The number of aliphatic carboxylic acids is 1. The zero-order chi connectivity index (χ0) is 13.7. The molecule has 0 spiro atoms. The van der Waals surface area contributed by atoms with Crippen LogP contribution in [-0.2, 0) is 4.79 Å². The van der Waals surface area contributed by atoms with Gasteiger partial charge in [-0.1, -0.05) is 20.8 Å². The molecule has 5 heteroatoms. The zero-order valence-corrected chi connectivity index (χ0v) is 11.5. The van der Waals surface area contributed by atoms with E-state index in [0.717, 1.165) is 19.5 Å². The summed E-state index contributed by atoms with van der Waals surface area (Å²) in [5.41, 5.74) is 0. The first kappa shape index (κ1) is 14.8. The highest BCUT2D eigenvalue weighted by Crippen LogP contribution is 2.22. The minimum Gasteiger partial charge on any atom is -0.481 e. The molecule has 5 nitrogen and oxygen atoms in total. The highest BCUT2D eigenvalue weighted by atomic mass is 16.4. The number of nitrogens with one attached hydrogen (secondary N) is 1. The summed E-state index contributed by atoms with van der Waals surface area (Å²) in [6.45, 7) is 8.22. The van der Waals surface area contributed by atoms with Gasteiger partial charge in [0, 0.05) is 26.1 Å². The van der Waals surface area contributed by atoms with Gasteiger partial charge in [0.1, 0.15) is 0 Å². The molecule has 1 saturated heterocycles. The van der Waals surface area contributed by atoms with Crippen LogP contribution >= 0.6 is 0 Å². The molecule has 1 fully saturated rings. The lowest BCUT2D eigenvalue weighted by Gasteiger charge is -2.35. The van der Waals surface area contributed by atoms with Gasteiger partial charge in [-0.05, 0) is 24.2 Å². The lowest BCUT2D eigenvalue weighted by molar-refractivity contribution is -0.137. The largest absolute Gasteiger partial charge is 0.481 e. The van der Waals surface area contributed by atoms with Gasteiger partial charge in [0.15, 0.2) is 0 Å². The SMILES string of the molecule is CC(CNC(=O)N1CCC(C)C(C)C1)CC(=O)O. The maximum absolute atomic E-state index is 11.9. The Kier molecular flexibility index (Phi) is 5.44. The summed E-state index contributed by atoms with van der Waals surface area (Å²) < 4.78 is 0. The van der Waals surface area contributed by atoms with Crippen molar-refractivity contribution in [1.29, 1.82) is 0 Å². The molecule has 0 aromatic heterocycles. The van der Waals surface area contributed by atoms with E-state index in [1.54, 1.807) is 0 Å². The number of hydrogen-bond donors (Lipinski definition) is 2. The Bertz CT molecular complexity index is 307. The summed E-state index contributed by atoms with van der Waals surface area (Å²) in [4.78, 5) is 24.3. The fourth-order valence-electron chi connectivity index (χ4n) is 2.19. The number of urea groups is 1.